The molecule has 0 unspecified atom stereocenters. The molecule has 1 aromatic carbocycles. The lowest BCUT2D eigenvalue weighted by Crippen LogP contribution is -1.78. The molecule has 0 fully saturated rings. The van der Waals surface area contributed by atoms with Crippen molar-refractivity contribution in [3.8, 4) is 5.75 Å². The molecule has 0 atom stereocenters. The summed E-state index contributed by atoms with van der Waals surface area (Å²) in [5.41, 5.74) is 0. The van der Waals surface area contributed by atoms with Crippen LogP contribution in [0.4, 0.5) is 0 Å². The Bertz CT molecular complexity index is 162. The minimum Gasteiger partial charge on any atom is -0.497 e. The Hall–Kier alpha value is -0.630. The van der Waals surface area contributed by atoms with Gasteiger partial charge in [0.2, 0.25) is 0 Å². The number of methoxy groups -OCH3 is 1. The molecule has 0 aliphatic heterocycles. The smallest absolute Gasteiger partial charge is 0.118 e. The molecule has 0 bridgehead atoms. The van der Waals surface area contributed by atoms with E-state index in [1.165, 1.54) is 0 Å². The van der Waals surface area contributed by atoms with E-state index in [1.54, 1.807) is 7.11 Å². The van der Waals surface area contributed by atoms with Crippen LogP contribution in [0.2, 0.25) is 0 Å². The van der Waals surface area contributed by atoms with Gasteiger partial charge in [0.15, 0.2) is 0 Å². The summed E-state index contributed by atoms with van der Waals surface area (Å²) in [5, 5.41) is 0. The third-order valence-corrected chi connectivity index (χ3v) is 0.979. The zero-order chi connectivity index (χ0) is 8.53. The van der Waals surface area contributed by atoms with Crippen molar-refractivity contribution in [1.29, 1.82) is 0 Å². The monoisotopic (exact) mass is 170 g/mol. The van der Waals surface area contributed by atoms with Crippen LogP contribution in [0.15, 0.2) is 30.3 Å². The molecule has 11 heavy (non-hydrogen) atoms. The van der Waals surface area contributed by atoms with Crippen molar-refractivity contribution in [3.63, 3.8) is 0 Å². The maximum Gasteiger partial charge on any atom is 0.118 e. The lowest BCUT2D eigenvalue weighted by Gasteiger charge is -1.93. The number of hydrogen-bond donors (Lipinski definition) is 1. The number of ether oxygens (including phenoxy) is 1. The summed E-state index contributed by atoms with van der Waals surface area (Å²) in [6.07, 6.45) is 0. The summed E-state index contributed by atoms with van der Waals surface area (Å²) < 4.78 is 4.91. The van der Waals surface area contributed by atoms with Crippen LogP contribution in [0.25, 0.3) is 0 Å². The minimum atomic E-state index is 0.910. The molecule has 0 amide bonds. The van der Waals surface area contributed by atoms with Gasteiger partial charge in [-0.2, -0.15) is 12.6 Å². The molecule has 1 rings (SSSR count). The Morgan fingerprint density at radius 3 is 2.00 bits per heavy atom. The van der Waals surface area contributed by atoms with Crippen molar-refractivity contribution in [2.24, 2.45) is 0 Å². The summed E-state index contributed by atoms with van der Waals surface area (Å²) in [4.78, 5) is 0. The molecule has 0 saturated heterocycles. The fourth-order valence-electron chi connectivity index (χ4n) is 0.557. The molecule has 0 spiro atoms. The Morgan fingerprint density at radius 1 is 1.27 bits per heavy atom. The quantitative estimate of drug-likeness (QED) is 0.637. The SMILES string of the molecule is CCS.COc1ccccc1. The van der Waals surface area contributed by atoms with Gasteiger partial charge in [-0.3, -0.25) is 0 Å². The van der Waals surface area contributed by atoms with E-state index in [1.807, 2.05) is 37.3 Å². The number of rotatable bonds is 1. The van der Waals surface area contributed by atoms with Crippen molar-refractivity contribution >= 4 is 12.6 Å². The highest BCUT2D eigenvalue weighted by molar-refractivity contribution is 7.80. The highest BCUT2D eigenvalue weighted by Gasteiger charge is 1.80. The second-order valence-electron chi connectivity index (χ2n) is 1.83. The lowest BCUT2D eigenvalue weighted by molar-refractivity contribution is 0.415. The summed E-state index contributed by atoms with van der Waals surface area (Å²) in [6, 6.07) is 9.68. The Morgan fingerprint density at radius 2 is 1.73 bits per heavy atom. The molecule has 0 aliphatic rings. The first-order valence-corrected chi connectivity index (χ1v) is 4.18. The van der Waals surface area contributed by atoms with E-state index in [-0.39, 0.29) is 0 Å². The lowest BCUT2D eigenvalue weighted by atomic mass is 10.3. The van der Waals surface area contributed by atoms with E-state index in [0.29, 0.717) is 0 Å². The molecule has 0 saturated carbocycles. The molecule has 1 aromatic rings. The second kappa shape index (κ2) is 7.48. The fourth-order valence-corrected chi connectivity index (χ4v) is 0.557. The third-order valence-electron chi connectivity index (χ3n) is 0.979. The first kappa shape index (κ1) is 10.4. The van der Waals surface area contributed by atoms with Gasteiger partial charge in [-0.25, -0.2) is 0 Å². The van der Waals surface area contributed by atoms with Gasteiger partial charge in [-0.15, -0.1) is 0 Å². The Kier molecular flexibility index (Phi) is 7.05. The highest BCUT2D eigenvalue weighted by atomic mass is 32.1. The third kappa shape index (κ3) is 5.80. The number of benzene rings is 1. The summed E-state index contributed by atoms with van der Waals surface area (Å²) in [7, 11) is 1.66. The van der Waals surface area contributed by atoms with Crippen LogP contribution >= 0.6 is 12.6 Å². The van der Waals surface area contributed by atoms with Crippen LogP contribution in [-0.2, 0) is 0 Å². The van der Waals surface area contributed by atoms with Crippen molar-refractivity contribution in [3.05, 3.63) is 30.3 Å². The van der Waals surface area contributed by atoms with Gasteiger partial charge >= 0.3 is 0 Å². The molecule has 0 aromatic heterocycles. The summed E-state index contributed by atoms with van der Waals surface area (Å²) >= 11 is 3.79. The van der Waals surface area contributed by atoms with Crippen LogP contribution in [-0.4, -0.2) is 12.9 Å². The van der Waals surface area contributed by atoms with Crippen molar-refractivity contribution in [2.75, 3.05) is 12.9 Å². The van der Waals surface area contributed by atoms with Crippen LogP contribution in [0.3, 0.4) is 0 Å². The van der Waals surface area contributed by atoms with E-state index < -0.39 is 0 Å². The topological polar surface area (TPSA) is 9.23 Å². The van der Waals surface area contributed by atoms with Crippen LogP contribution in [0, 0.1) is 0 Å². The number of thiol groups is 1. The molecule has 2 heteroatoms. The van der Waals surface area contributed by atoms with Crippen LogP contribution < -0.4 is 4.74 Å². The first-order valence-electron chi connectivity index (χ1n) is 3.55. The van der Waals surface area contributed by atoms with Crippen molar-refractivity contribution < 1.29 is 4.74 Å². The standard InChI is InChI=1S/C7H8O.C2H6S/c1-8-7-5-3-2-4-6-7;1-2-3/h2-6H,1H3;3H,2H2,1H3. The Balaban J connectivity index is 0.000000292. The first-order chi connectivity index (χ1) is 5.35. The van der Waals surface area contributed by atoms with E-state index >= 15 is 0 Å². The molecule has 0 N–H and O–H groups in total. The summed E-state index contributed by atoms with van der Waals surface area (Å²) in [6.45, 7) is 1.99. The predicted molar refractivity (Wildman–Crippen MR) is 52.5 cm³/mol. The van der Waals surface area contributed by atoms with Gasteiger partial charge in [0.25, 0.3) is 0 Å². The molecule has 62 valence electrons. The largest absolute Gasteiger partial charge is 0.497 e. The van der Waals surface area contributed by atoms with E-state index in [9.17, 15) is 0 Å². The maximum atomic E-state index is 4.91. The molecule has 0 aliphatic carbocycles. The van der Waals surface area contributed by atoms with Crippen LogP contribution in [0.1, 0.15) is 6.92 Å². The van der Waals surface area contributed by atoms with E-state index in [0.717, 1.165) is 11.5 Å². The molecule has 0 radical (unpaired) electrons. The van der Waals surface area contributed by atoms with E-state index in [4.69, 9.17) is 4.74 Å². The minimum absolute atomic E-state index is 0.910. The zero-order valence-electron chi connectivity index (χ0n) is 6.95. The Labute approximate surface area is 73.8 Å². The van der Waals surface area contributed by atoms with Gasteiger partial charge in [0, 0.05) is 0 Å². The fraction of sp³-hybridized carbons (Fsp3) is 0.333. The van der Waals surface area contributed by atoms with Crippen LogP contribution in [0.5, 0.6) is 5.75 Å². The van der Waals surface area contributed by atoms with Gasteiger partial charge in [0.1, 0.15) is 5.75 Å². The molecule has 1 nitrogen and oxygen atoms in total. The van der Waals surface area contributed by atoms with Crippen molar-refractivity contribution in [1.82, 2.24) is 0 Å². The zero-order valence-corrected chi connectivity index (χ0v) is 7.84. The summed E-state index contributed by atoms with van der Waals surface area (Å²) in [5.74, 6) is 1.85. The number of hydrogen-bond acceptors (Lipinski definition) is 2. The molecule has 0 heterocycles. The van der Waals surface area contributed by atoms with Crippen molar-refractivity contribution in [2.45, 2.75) is 6.92 Å². The number of para-hydroxylation sites is 1. The molecular formula is C9H14OS. The van der Waals surface area contributed by atoms with Gasteiger partial charge < -0.3 is 4.74 Å². The average Bonchev–Trinajstić information content (AvgIpc) is 2.08. The normalized spacial score (nSPS) is 7.91. The predicted octanol–water partition coefficient (Wildman–Crippen LogP) is 2.63. The van der Waals surface area contributed by atoms with E-state index in [2.05, 4.69) is 12.6 Å². The van der Waals surface area contributed by atoms with Gasteiger partial charge in [-0.1, -0.05) is 25.1 Å². The highest BCUT2D eigenvalue weighted by Crippen LogP contribution is 2.05. The maximum absolute atomic E-state index is 4.91. The van der Waals surface area contributed by atoms with Gasteiger partial charge in [0.05, 0.1) is 7.11 Å². The second-order valence-corrected chi connectivity index (χ2v) is 2.47. The molecular weight excluding hydrogens is 156 g/mol. The average molecular weight is 170 g/mol. The van der Waals surface area contributed by atoms with Gasteiger partial charge in [-0.05, 0) is 17.9 Å².